The summed E-state index contributed by atoms with van der Waals surface area (Å²) in [4.78, 5) is 14.0. The number of carbonyl (C=O) groups excluding carboxylic acids is 1. The minimum absolute atomic E-state index is 0.169. The third-order valence-electron chi connectivity index (χ3n) is 3.43. The fourth-order valence-electron chi connectivity index (χ4n) is 2.16. The largest absolute Gasteiger partial charge is 0.375 e. The van der Waals surface area contributed by atoms with E-state index < -0.39 is 0 Å². The van der Waals surface area contributed by atoms with Gasteiger partial charge in [0.05, 0.1) is 12.7 Å². The number of carbonyl (C=O) groups is 1. The number of rotatable bonds is 5. The Morgan fingerprint density at radius 1 is 1.47 bits per heavy atom. The van der Waals surface area contributed by atoms with E-state index >= 15 is 0 Å². The van der Waals surface area contributed by atoms with E-state index in [-0.39, 0.29) is 17.4 Å². The molecular weight excluding hydrogens is 216 g/mol. The molecule has 0 saturated carbocycles. The summed E-state index contributed by atoms with van der Waals surface area (Å²) in [7, 11) is 0. The highest BCUT2D eigenvalue weighted by Crippen LogP contribution is 2.26. The van der Waals surface area contributed by atoms with Gasteiger partial charge in [0.15, 0.2) is 0 Å². The van der Waals surface area contributed by atoms with Crippen LogP contribution in [0, 0.1) is 5.41 Å². The van der Waals surface area contributed by atoms with Gasteiger partial charge in [-0.25, -0.2) is 0 Å². The maximum Gasteiger partial charge on any atom is 0.222 e. The van der Waals surface area contributed by atoms with Crippen molar-refractivity contribution in [2.75, 3.05) is 26.2 Å². The minimum atomic E-state index is 0.169. The van der Waals surface area contributed by atoms with Crippen LogP contribution in [0.2, 0.25) is 0 Å². The van der Waals surface area contributed by atoms with Gasteiger partial charge in [-0.2, -0.15) is 0 Å². The van der Waals surface area contributed by atoms with Gasteiger partial charge >= 0.3 is 0 Å². The van der Waals surface area contributed by atoms with E-state index in [1.807, 2.05) is 11.8 Å². The average Bonchev–Trinajstić information content (AvgIpc) is 2.26. The lowest BCUT2D eigenvalue weighted by Crippen LogP contribution is -2.44. The predicted octanol–water partition coefficient (Wildman–Crippen LogP) is 1.39. The quantitative estimate of drug-likeness (QED) is 0.792. The van der Waals surface area contributed by atoms with Crippen LogP contribution in [-0.2, 0) is 9.53 Å². The Kier molecular flexibility index (Phi) is 5.40. The zero-order valence-electron chi connectivity index (χ0n) is 11.4. The summed E-state index contributed by atoms with van der Waals surface area (Å²) >= 11 is 0. The molecule has 1 fully saturated rings. The van der Waals surface area contributed by atoms with Gasteiger partial charge in [0.25, 0.3) is 0 Å². The van der Waals surface area contributed by atoms with Crippen LogP contribution in [0.25, 0.3) is 0 Å². The molecule has 100 valence electrons. The molecule has 1 saturated heterocycles. The van der Waals surface area contributed by atoms with Crippen molar-refractivity contribution >= 4 is 5.91 Å². The Balaban J connectivity index is 2.33. The number of morpholine rings is 1. The first-order valence-corrected chi connectivity index (χ1v) is 6.54. The molecule has 17 heavy (non-hydrogen) atoms. The first kappa shape index (κ1) is 14.5. The van der Waals surface area contributed by atoms with Crippen LogP contribution in [0.1, 0.15) is 40.0 Å². The smallest absolute Gasteiger partial charge is 0.222 e. The molecule has 1 aliphatic heterocycles. The second-order valence-corrected chi connectivity index (χ2v) is 5.72. The molecule has 1 heterocycles. The number of hydrogen-bond acceptors (Lipinski definition) is 3. The van der Waals surface area contributed by atoms with E-state index in [0.29, 0.717) is 19.6 Å². The van der Waals surface area contributed by atoms with Gasteiger partial charge in [0, 0.05) is 19.5 Å². The van der Waals surface area contributed by atoms with Crippen LogP contribution in [0.4, 0.5) is 0 Å². The van der Waals surface area contributed by atoms with Gasteiger partial charge < -0.3 is 15.4 Å². The summed E-state index contributed by atoms with van der Waals surface area (Å²) in [5.41, 5.74) is 5.74. The van der Waals surface area contributed by atoms with Gasteiger partial charge in [-0.3, -0.25) is 4.79 Å². The van der Waals surface area contributed by atoms with Crippen molar-refractivity contribution in [2.24, 2.45) is 11.1 Å². The average molecular weight is 242 g/mol. The Morgan fingerprint density at radius 3 is 2.76 bits per heavy atom. The molecule has 2 N–H and O–H groups in total. The lowest BCUT2D eigenvalue weighted by molar-refractivity contribution is -0.138. The molecule has 1 rings (SSSR count). The maximum atomic E-state index is 12.0. The number of nitrogens with two attached hydrogens (primary N) is 1. The van der Waals surface area contributed by atoms with Crippen LogP contribution in [-0.4, -0.2) is 43.2 Å². The lowest BCUT2D eigenvalue weighted by atomic mass is 9.84. The van der Waals surface area contributed by atoms with E-state index in [2.05, 4.69) is 13.8 Å². The summed E-state index contributed by atoms with van der Waals surface area (Å²) in [6.07, 6.45) is 2.68. The molecule has 0 aromatic rings. The molecule has 1 unspecified atom stereocenters. The molecule has 0 radical (unpaired) electrons. The molecule has 0 aliphatic carbocycles. The van der Waals surface area contributed by atoms with Gasteiger partial charge in [-0.15, -0.1) is 0 Å². The fourth-order valence-corrected chi connectivity index (χ4v) is 2.16. The van der Waals surface area contributed by atoms with Crippen molar-refractivity contribution in [3.8, 4) is 0 Å². The Hall–Kier alpha value is -0.610. The molecule has 0 aromatic carbocycles. The minimum Gasteiger partial charge on any atom is -0.375 e. The molecular formula is C13H26N2O2. The highest BCUT2D eigenvalue weighted by Gasteiger charge is 2.24. The highest BCUT2D eigenvalue weighted by molar-refractivity contribution is 5.76. The predicted molar refractivity (Wildman–Crippen MR) is 68.7 cm³/mol. The van der Waals surface area contributed by atoms with Crippen LogP contribution in [0.3, 0.4) is 0 Å². The first-order chi connectivity index (χ1) is 7.94. The van der Waals surface area contributed by atoms with E-state index in [1.54, 1.807) is 0 Å². The zero-order chi connectivity index (χ0) is 12.9. The summed E-state index contributed by atoms with van der Waals surface area (Å²) in [6, 6.07) is 0. The normalized spacial score (nSPS) is 21.6. The summed E-state index contributed by atoms with van der Waals surface area (Å²) in [6.45, 7) is 9.19. The third kappa shape index (κ3) is 5.04. The Labute approximate surface area is 104 Å². The van der Waals surface area contributed by atoms with Crippen LogP contribution < -0.4 is 5.73 Å². The van der Waals surface area contributed by atoms with E-state index in [4.69, 9.17) is 10.5 Å². The Morgan fingerprint density at radius 2 is 2.18 bits per heavy atom. The standard InChI is InChI=1S/C13H26N2O2/c1-11-10-15(8-9-17-11)12(16)4-5-13(2,3)6-7-14/h11H,4-10,14H2,1-3H3. The van der Waals surface area contributed by atoms with E-state index in [0.717, 1.165) is 25.9 Å². The molecule has 0 aromatic heterocycles. The van der Waals surface area contributed by atoms with Crippen LogP contribution in [0.15, 0.2) is 0 Å². The van der Waals surface area contributed by atoms with Crippen molar-refractivity contribution in [2.45, 2.75) is 46.1 Å². The number of ether oxygens (including phenoxy) is 1. The monoisotopic (exact) mass is 242 g/mol. The van der Waals surface area contributed by atoms with Gasteiger partial charge in [0.2, 0.25) is 5.91 Å². The number of hydrogen-bond donors (Lipinski definition) is 1. The van der Waals surface area contributed by atoms with Gasteiger partial charge in [-0.05, 0) is 31.7 Å². The second-order valence-electron chi connectivity index (χ2n) is 5.72. The molecule has 1 amide bonds. The number of amides is 1. The van der Waals surface area contributed by atoms with E-state index in [1.165, 1.54) is 0 Å². The molecule has 1 aliphatic rings. The summed E-state index contributed by atoms with van der Waals surface area (Å²) in [5.74, 6) is 0.255. The summed E-state index contributed by atoms with van der Waals surface area (Å²) < 4.78 is 5.43. The molecule has 1 atom stereocenters. The zero-order valence-corrected chi connectivity index (χ0v) is 11.4. The lowest BCUT2D eigenvalue weighted by Gasteiger charge is -2.32. The number of nitrogens with zero attached hydrogens (tertiary/aromatic N) is 1. The van der Waals surface area contributed by atoms with Crippen molar-refractivity contribution < 1.29 is 9.53 Å². The summed E-state index contributed by atoms with van der Waals surface area (Å²) in [5, 5.41) is 0. The first-order valence-electron chi connectivity index (χ1n) is 6.54. The molecule has 4 nitrogen and oxygen atoms in total. The SMILES string of the molecule is CC1CN(C(=O)CCC(C)(C)CCN)CCO1. The van der Waals surface area contributed by atoms with Crippen molar-refractivity contribution in [1.82, 2.24) is 4.90 Å². The van der Waals surface area contributed by atoms with Crippen molar-refractivity contribution in [1.29, 1.82) is 0 Å². The fraction of sp³-hybridized carbons (Fsp3) is 0.923. The molecule has 0 bridgehead atoms. The molecule has 4 heteroatoms. The maximum absolute atomic E-state index is 12.0. The third-order valence-corrected chi connectivity index (χ3v) is 3.43. The molecule has 0 spiro atoms. The van der Waals surface area contributed by atoms with Crippen LogP contribution in [0.5, 0.6) is 0 Å². The van der Waals surface area contributed by atoms with Crippen LogP contribution >= 0.6 is 0 Å². The van der Waals surface area contributed by atoms with Crippen molar-refractivity contribution in [3.05, 3.63) is 0 Å². The van der Waals surface area contributed by atoms with Gasteiger partial charge in [0.1, 0.15) is 0 Å². The van der Waals surface area contributed by atoms with E-state index in [9.17, 15) is 4.79 Å². The second kappa shape index (κ2) is 6.36. The highest BCUT2D eigenvalue weighted by atomic mass is 16.5. The topological polar surface area (TPSA) is 55.6 Å². The Bertz CT molecular complexity index is 254. The van der Waals surface area contributed by atoms with Crippen molar-refractivity contribution in [3.63, 3.8) is 0 Å². The van der Waals surface area contributed by atoms with Gasteiger partial charge in [-0.1, -0.05) is 13.8 Å².